The summed E-state index contributed by atoms with van der Waals surface area (Å²) in [6.07, 6.45) is 4.42. The number of ether oxygens (including phenoxy) is 1. The normalized spacial score (nSPS) is 15.0. The number of rotatable bonds is 8. The van der Waals surface area contributed by atoms with Crippen LogP contribution in [-0.4, -0.2) is 28.6 Å². The van der Waals surface area contributed by atoms with Crippen LogP contribution in [-0.2, 0) is 17.7 Å². The molecule has 0 amide bonds. The summed E-state index contributed by atoms with van der Waals surface area (Å²) in [5.41, 5.74) is 1.96. The number of fused-ring (bicyclic) bond motifs is 1. The van der Waals surface area contributed by atoms with E-state index in [0.717, 1.165) is 55.4 Å². The highest BCUT2D eigenvalue weighted by Crippen LogP contribution is 2.29. The predicted molar refractivity (Wildman–Crippen MR) is 87.3 cm³/mol. The lowest BCUT2D eigenvalue weighted by atomic mass is 10.3. The van der Waals surface area contributed by atoms with E-state index in [1.807, 2.05) is 12.1 Å². The molecule has 0 unspecified atom stereocenters. The summed E-state index contributed by atoms with van der Waals surface area (Å²) in [6, 6.07) is 5.92. The summed E-state index contributed by atoms with van der Waals surface area (Å²) in [6.45, 7) is 2.62. The van der Waals surface area contributed by atoms with Crippen molar-refractivity contribution in [1.82, 2.24) is 9.55 Å². The first-order chi connectivity index (χ1) is 10.3. The van der Waals surface area contributed by atoms with Gasteiger partial charge in [0.2, 0.25) is 0 Å². The highest BCUT2D eigenvalue weighted by atomic mass is 35.5. The Hall–Kier alpha value is -0.770. The van der Waals surface area contributed by atoms with Crippen molar-refractivity contribution in [3.63, 3.8) is 0 Å². The van der Waals surface area contributed by atoms with E-state index in [0.29, 0.717) is 10.9 Å². The second kappa shape index (κ2) is 6.99. The highest BCUT2D eigenvalue weighted by molar-refractivity contribution is 6.34. The molecule has 5 heteroatoms. The molecular formula is C16H20Cl2N2O. The zero-order valence-corrected chi connectivity index (χ0v) is 13.5. The van der Waals surface area contributed by atoms with E-state index < -0.39 is 0 Å². The average molecular weight is 327 g/mol. The zero-order valence-electron chi connectivity index (χ0n) is 12.0. The largest absolute Gasteiger partial charge is 0.381 e. The number of benzene rings is 1. The fraction of sp³-hybridized carbons (Fsp3) is 0.562. The van der Waals surface area contributed by atoms with E-state index in [9.17, 15) is 0 Å². The van der Waals surface area contributed by atoms with Gasteiger partial charge >= 0.3 is 0 Å². The molecule has 1 saturated carbocycles. The number of imidazole rings is 1. The number of hydrogen-bond acceptors (Lipinski definition) is 2. The maximum Gasteiger partial charge on any atom is 0.111 e. The van der Waals surface area contributed by atoms with Gasteiger partial charge in [-0.1, -0.05) is 17.7 Å². The molecule has 2 aromatic rings. The van der Waals surface area contributed by atoms with Crippen molar-refractivity contribution >= 4 is 34.2 Å². The van der Waals surface area contributed by atoms with Crippen molar-refractivity contribution in [3.8, 4) is 0 Å². The molecule has 0 saturated heterocycles. The molecule has 114 valence electrons. The van der Waals surface area contributed by atoms with Crippen LogP contribution in [0.3, 0.4) is 0 Å². The molecule has 1 fully saturated rings. The first kappa shape index (κ1) is 15.1. The average Bonchev–Trinajstić information content (AvgIpc) is 3.23. The second-order valence-corrected chi connectivity index (χ2v) is 6.38. The van der Waals surface area contributed by atoms with Gasteiger partial charge in [-0.3, -0.25) is 0 Å². The van der Waals surface area contributed by atoms with Gasteiger partial charge in [0, 0.05) is 32.1 Å². The summed E-state index contributed by atoms with van der Waals surface area (Å²) < 4.78 is 7.93. The maximum absolute atomic E-state index is 6.23. The Morgan fingerprint density at radius 1 is 1.33 bits per heavy atom. The van der Waals surface area contributed by atoms with Gasteiger partial charge in [0.25, 0.3) is 0 Å². The van der Waals surface area contributed by atoms with Gasteiger partial charge in [0.1, 0.15) is 11.3 Å². The third-order valence-electron chi connectivity index (χ3n) is 3.85. The molecule has 3 rings (SSSR count). The molecule has 0 bridgehead atoms. The number of hydrogen-bond donors (Lipinski definition) is 0. The van der Waals surface area contributed by atoms with Crippen molar-refractivity contribution in [2.45, 2.75) is 32.2 Å². The van der Waals surface area contributed by atoms with Gasteiger partial charge in [-0.25, -0.2) is 4.98 Å². The van der Waals surface area contributed by atoms with Crippen molar-refractivity contribution < 1.29 is 4.74 Å². The van der Waals surface area contributed by atoms with Crippen LogP contribution in [0, 0.1) is 5.92 Å². The van der Waals surface area contributed by atoms with Gasteiger partial charge in [-0.2, -0.15) is 0 Å². The van der Waals surface area contributed by atoms with Gasteiger partial charge in [-0.15, -0.1) is 11.6 Å². The van der Waals surface area contributed by atoms with Gasteiger partial charge in [0.15, 0.2) is 0 Å². The summed E-state index contributed by atoms with van der Waals surface area (Å²) >= 11 is 12.1. The van der Waals surface area contributed by atoms with Crippen LogP contribution in [0.25, 0.3) is 11.0 Å². The predicted octanol–water partition coefficient (Wildman–Crippen LogP) is 4.29. The van der Waals surface area contributed by atoms with Crippen LogP contribution in [0.1, 0.15) is 25.1 Å². The topological polar surface area (TPSA) is 27.1 Å². The Kier molecular flexibility index (Phi) is 5.04. The molecule has 1 heterocycles. The van der Waals surface area contributed by atoms with E-state index in [1.165, 1.54) is 12.8 Å². The molecular weight excluding hydrogens is 307 g/mol. The van der Waals surface area contributed by atoms with Crippen molar-refractivity contribution in [2.75, 3.05) is 19.1 Å². The summed E-state index contributed by atoms with van der Waals surface area (Å²) in [5, 5.41) is 0.701. The first-order valence-electron chi connectivity index (χ1n) is 7.57. The van der Waals surface area contributed by atoms with Crippen LogP contribution in [0.15, 0.2) is 18.2 Å². The Morgan fingerprint density at radius 2 is 2.19 bits per heavy atom. The summed E-state index contributed by atoms with van der Waals surface area (Å²) in [7, 11) is 0. The monoisotopic (exact) mass is 326 g/mol. The smallest absolute Gasteiger partial charge is 0.111 e. The molecule has 1 aliphatic carbocycles. The van der Waals surface area contributed by atoms with E-state index in [4.69, 9.17) is 27.9 Å². The van der Waals surface area contributed by atoms with Crippen LogP contribution >= 0.6 is 23.2 Å². The number of para-hydroxylation sites is 1. The van der Waals surface area contributed by atoms with E-state index in [2.05, 4.69) is 15.6 Å². The Morgan fingerprint density at radius 3 is 2.95 bits per heavy atom. The second-order valence-electron chi connectivity index (χ2n) is 5.60. The Balaban J connectivity index is 1.68. The summed E-state index contributed by atoms with van der Waals surface area (Å²) in [4.78, 5) is 4.64. The van der Waals surface area contributed by atoms with Crippen LogP contribution in [0.2, 0.25) is 5.02 Å². The molecule has 0 spiro atoms. The number of aromatic nitrogens is 2. The van der Waals surface area contributed by atoms with Crippen molar-refractivity contribution in [2.24, 2.45) is 5.92 Å². The molecule has 0 aliphatic heterocycles. The lowest BCUT2D eigenvalue weighted by Gasteiger charge is -2.09. The fourth-order valence-corrected chi connectivity index (χ4v) is 2.93. The van der Waals surface area contributed by atoms with Crippen molar-refractivity contribution in [3.05, 3.63) is 29.0 Å². The molecule has 1 aromatic heterocycles. The van der Waals surface area contributed by atoms with E-state index >= 15 is 0 Å². The fourth-order valence-electron chi connectivity index (χ4n) is 2.55. The third-order valence-corrected chi connectivity index (χ3v) is 4.34. The molecule has 21 heavy (non-hydrogen) atoms. The molecule has 0 N–H and O–H groups in total. The molecule has 3 nitrogen and oxygen atoms in total. The summed E-state index contributed by atoms with van der Waals surface area (Å²) in [5.74, 6) is 2.40. The Labute approximate surface area is 135 Å². The zero-order chi connectivity index (χ0) is 14.7. The minimum atomic E-state index is 0.569. The van der Waals surface area contributed by atoms with Crippen LogP contribution in [0.4, 0.5) is 0 Å². The minimum Gasteiger partial charge on any atom is -0.381 e. The SMILES string of the molecule is ClCCc1nc2c(Cl)cccc2n1CCCOCC1CC1. The first-order valence-corrected chi connectivity index (χ1v) is 8.48. The number of nitrogens with zero attached hydrogens (tertiary/aromatic N) is 2. The molecule has 1 aliphatic rings. The van der Waals surface area contributed by atoms with Crippen LogP contribution < -0.4 is 0 Å². The van der Waals surface area contributed by atoms with Gasteiger partial charge < -0.3 is 9.30 Å². The molecule has 0 radical (unpaired) electrons. The van der Waals surface area contributed by atoms with Gasteiger partial charge in [0.05, 0.1) is 10.5 Å². The minimum absolute atomic E-state index is 0.569. The number of aryl methyl sites for hydroxylation is 2. The van der Waals surface area contributed by atoms with Gasteiger partial charge in [-0.05, 0) is 37.3 Å². The van der Waals surface area contributed by atoms with Crippen LogP contribution in [0.5, 0.6) is 0 Å². The third kappa shape index (κ3) is 3.71. The molecule has 0 atom stereocenters. The van der Waals surface area contributed by atoms with E-state index in [1.54, 1.807) is 0 Å². The van der Waals surface area contributed by atoms with E-state index in [-0.39, 0.29) is 0 Å². The number of halogens is 2. The Bertz CT molecular complexity index is 608. The lowest BCUT2D eigenvalue weighted by Crippen LogP contribution is -2.08. The quantitative estimate of drug-likeness (QED) is 0.534. The lowest BCUT2D eigenvalue weighted by molar-refractivity contribution is 0.119. The highest BCUT2D eigenvalue weighted by Gasteiger charge is 2.21. The molecule has 1 aromatic carbocycles. The van der Waals surface area contributed by atoms with Crippen molar-refractivity contribution in [1.29, 1.82) is 0 Å². The maximum atomic E-state index is 6.23. The standard InChI is InChI=1S/C16H20Cl2N2O/c17-8-7-15-19-16-13(18)3-1-4-14(16)20(15)9-2-10-21-11-12-5-6-12/h1,3-4,12H,2,5-11H2. The number of alkyl halides is 1.